The molecule has 0 heterocycles. The maximum absolute atomic E-state index is 9.10. The zero-order valence-corrected chi connectivity index (χ0v) is 11.0. The van der Waals surface area contributed by atoms with Crippen LogP contribution in [0.25, 0.3) is 11.1 Å². The van der Waals surface area contributed by atoms with Crippen molar-refractivity contribution < 1.29 is 0 Å². The highest BCUT2D eigenvalue weighted by molar-refractivity contribution is 6.36. The molecular weight excluding hydrogens is 224 g/mol. The molecule has 0 saturated heterocycles. The molecule has 4 radical (unpaired) electrons. The lowest BCUT2D eigenvalue weighted by molar-refractivity contribution is 1.49. The predicted octanol–water partition coefficient (Wildman–Crippen LogP) is 0.813. The number of nitriles is 1. The van der Waals surface area contributed by atoms with Crippen LogP contribution >= 0.6 is 0 Å². The number of rotatable bonds is 1. The van der Waals surface area contributed by atoms with E-state index in [1.165, 1.54) is 0 Å². The molecule has 0 spiro atoms. The molecule has 0 atom stereocenters. The Bertz CT molecular complexity index is 553. The first kappa shape index (κ1) is 11.5. The molecule has 0 saturated carbocycles. The third kappa shape index (κ3) is 2.22. The van der Waals surface area contributed by atoms with Crippen molar-refractivity contribution >= 4 is 41.4 Å². The van der Waals surface area contributed by atoms with Gasteiger partial charge < -0.3 is 0 Å². The van der Waals surface area contributed by atoms with Crippen molar-refractivity contribution in [2.24, 2.45) is 0 Å². The van der Waals surface area contributed by atoms with E-state index in [0.717, 1.165) is 20.0 Å². The molecule has 3 heteroatoms. The van der Waals surface area contributed by atoms with Crippen LogP contribution in [0, 0.1) is 11.3 Å². The smallest absolute Gasteiger partial charge is 0.176 e. The Balaban J connectivity index is 2.64. The molecule has 0 N–H and O–H groups in total. The summed E-state index contributed by atoms with van der Waals surface area (Å²) in [5.74, 6) is 0. The molecule has 16 heavy (non-hydrogen) atoms. The van der Waals surface area contributed by atoms with Crippen LogP contribution in [0.2, 0.25) is 0 Å². The van der Waals surface area contributed by atoms with Crippen LogP contribution in [0.1, 0.15) is 5.56 Å². The van der Waals surface area contributed by atoms with Gasteiger partial charge in [0.25, 0.3) is 0 Å². The monoisotopic (exact) mass is 231 g/mol. The Labute approximate surface area is 112 Å². The highest BCUT2D eigenvalue weighted by Crippen LogP contribution is 2.19. The lowest BCUT2D eigenvalue weighted by atomic mass is 10.0. The minimum absolute atomic E-state index is 0.712. The van der Waals surface area contributed by atoms with E-state index < -0.39 is 0 Å². The molecule has 0 fully saturated rings. The largest absolute Gasteiger partial charge is 0.192 e. The molecule has 2 rings (SSSR count). The second-order valence-electron chi connectivity index (χ2n) is 3.50. The maximum atomic E-state index is 9.10. The number of hydrogen-bond donors (Lipinski definition) is 0. The lowest BCUT2D eigenvalue weighted by Crippen LogP contribution is -2.09. The first-order chi connectivity index (χ1) is 7.72. The molecule has 0 unspecified atom stereocenters. The quantitative estimate of drug-likeness (QED) is 0.666. The summed E-state index contributed by atoms with van der Waals surface area (Å²) in [4.78, 5) is 0. The highest BCUT2D eigenvalue weighted by Gasteiger charge is 2.05. The van der Waals surface area contributed by atoms with E-state index in [1.54, 1.807) is 0 Å². The van der Waals surface area contributed by atoms with Gasteiger partial charge in [0.1, 0.15) is 0 Å². The van der Waals surface area contributed by atoms with E-state index in [4.69, 9.17) is 5.26 Å². The average Bonchev–Trinajstić information content (AvgIpc) is 2.30. The Morgan fingerprint density at radius 1 is 0.938 bits per heavy atom. The van der Waals surface area contributed by atoms with Gasteiger partial charge in [0, 0.05) is 0 Å². The van der Waals surface area contributed by atoms with Crippen LogP contribution in [0.3, 0.4) is 0 Å². The molecule has 0 amide bonds. The molecule has 0 aliphatic heterocycles. The zero-order chi connectivity index (χ0) is 11.5. The summed E-state index contributed by atoms with van der Waals surface area (Å²) in [7, 11) is 0. The van der Waals surface area contributed by atoms with Crippen LogP contribution < -0.4 is 8.85 Å². The number of nitrogens with zero attached hydrogens (tertiary/aromatic N) is 1. The van der Waals surface area contributed by atoms with Crippen molar-refractivity contribution in [1.29, 1.82) is 5.26 Å². The first-order valence-corrected chi connectivity index (χ1v) is 6.02. The van der Waals surface area contributed by atoms with Crippen LogP contribution in [0.15, 0.2) is 42.5 Å². The second-order valence-corrected chi connectivity index (χ2v) is 4.79. The van der Waals surface area contributed by atoms with Gasteiger partial charge in [0.15, 0.2) is 32.6 Å². The van der Waals surface area contributed by atoms with E-state index in [1.807, 2.05) is 42.5 Å². The first-order valence-electron chi connectivity index (χ1n) is 4.87. The van der Waals surface area contributed by atoms with Gasteiger partial charge in [-0.1, -0.05) is 36.4 Å². The van der Waals surface area contributed by atoms with Crippen molar-refractivity contribution in [2.75, 3.05) is 0 Å². The van der Waals surface area contributed by atoms with E-state index in [9.17, 15) is 0 Å². The fourth-order valence-corrected chi connectivity index (χ4v) is 2.26. The summed E-state index contributed by atoms with van der Waals surface area (Å²) in [6.07, 6.45) is 0. The van der Waals surface area contributed by atoms with E-state index in [0.29, 0.717) is 5.56 Å². The minimum Gasteiger partial charge on any atom is -0.192 e. The number of hydrogen-bond acceptors (Lipinski definition) is 1. The molecule has 1 nitrogen and oxygen atoms in total. The standard InChI is InChI=1S/C13H7N.2Al/c14-10-12-8-4-5-9-13(12)11-6-2-1-3-7-11;;/h2-8H;;. The molecule has 0 aliphatic rings. The summed E-state index contributed by atoms with van der Waals surface area (Å²) in [5.41, 5.74) is 2.79. The molecule has 2 aromatic rings. The van der Waals surface area contributed by atoms with E-state index >= 15 is 0 Å². The fourth-order valence-electron chi connectivity index (χ4n) is 1.64. The Kier molecular flexibility index (Phi) is 3.50. The van der Waals surface area contributed by atoms with Crippen LogP contribution in [-0.2, 0) is 0 Å². The van der Waals surface area contributed by atoms with Gasteiger partial charge in [-0.25, -0.2) is 0 Å². The summed E-state index contributed by atoms with van der Waals surface area (Å²) in [6.45, 7) is 0. The van der Waals surface area contributed by atoms with Crippen molar-refractivity contribution in [3.63, 3.8) is 0 Å². The molecule has 0 aromatic heterocycles. The van der Waals surface area contributed by atoms with Gasteiger partial charge in [0.05, 0.1) is 11.6 Å². The van der Waals surface area contributed by atoms with Gasteiger partial charge >= 0.3 is 0 Å². The molecule has 70 valence electrons. The normalized spacial score (nSPS) is 9.69. The molecular formula is C13H7Al2N. The van der Waals surface area contributed by atoms with Gasteiger partial charge in [0.2, 0.25) is 0 Å². The summed E-state index contributed by atoms with van der Waals surface area (Å²) < 4.78 is 2.19. The Morgan fingerprint density at radius 2 is 1.62 bits per heavy atom. The van der Waals surface area contributed by atoms with Gasteiger partial charge in [-0.3, -0.25) is 0 Å². The maximum Gasteiger partial charge on any atom is 0.176 e. The van der Waals surface area contributed by atoms with Gasteiger partial charge in [-0.2, -0.15) is 5.26 Å². The van der Waals surface area contributed by atoms with Crippen LogP contribution in [-0.4, -0.2) is 32.6 Å². The topological polar surface area (TPSA) is 23.8 Å². The van der Waals surface area contributed by atoms with Crippen molar-refractivity contribution in [3.8, 4) is 17.2 Å². The van der Waals surface area contributed by atoms with Gasteiger partial charge in [-0.05, 0) is 17.2 Å². The third-order valence-electron chi connectivity index (χ3n) is 2.42. The summed E-state index contributed by atoms with van der Waals surface area (Å²) >= 11 is 5.33. The second kappa shape index (κ2) is 4.89. The van der Waals surface area contributed by atoms with Crippen molar-refractivity contribution in [1.82, 2.24) is 0 Å². The number of benzene rings is 2. The SMILES string of the molecule is N#Cc1ccc[c]([Al])c1-c1cc[c]([Al])cc1. The Morgan fingerprint density at radius 3 is 2.25 bits per heavy atom. The van der Waals surface area contributed by atoms with Crippen molar-refractivity contribution in [3.05, 3.63) is 48.0 Å². The average molecular weight is 231 g/mol. The fraction of sp³-hybridized carbons (Fsp3) is 0. The molecule has 0 bridgehead atoms. The summed E-state index contributed by atoms with van der Waals surface area (Å²) in [6, 6.07) is 16.1. The lowest BCUT2D eigenvalue weighted by Gasteiger charge is -2.09. The minimum atomic E-state index is 0.712. The van der Waals surface area contributed by atoms with Crippen LogP contribution in [0.5, 0.6) is 0 Å². The third-order valence-corrected chi connectivity index (χ3v) is 3.28. The van der Waals surface area contributed by atoms with E-state index in [-0.39, 0.29) is 0 Å². The van der Waals surface area contributed by atoms with E-state index in [2.05, 4.69) is 38.6 Å². The van der Waals surface area contributed by atoms with Crippen molar-refractivity contribution in [2.45, 2.75) is 0 Å². The highest BCUT2D eigenvalue weighted by atomic mass is 27.1. The van der Waals surface area contributed by atoms with Gasteiger partial charge in [-0.15, -0.1) is 8.85 Å². The van der Waals surface area contributed by atoms with Crippen LogP contribution in [0.4, 0.5) is 0 Å². The molecule has 0 aliphatic carbocycles. The summed E-state index contributed by atoms with van der Waals surface area (Å²) in [5, 5.41) is 9.10. The zero-order valence-electron chi connectivity index (χ0n) is 8.64. The predicted molar refractivity (Wildman–Crippen MR) is 67.4 cm³/mol. The molecule has 2 aromatic carbocycles. The Hall–Kier alpha value is -1.01.